The Labute approximate surface area is 119 Å². The van der Waals surface area contributed by atoms with Gasteiger partial charge in [-0.05, 0) is 38.5 Å². The minimum Gasteiger partial charge on any atom is -0.399 e. The predicted octanol–water partition coefficient (Wildman–Crippen LogP) is 2.56. The van der Waals surface area contributed by atoms with Gasteiger partial charge in [0.15, 0.2) is 0 Å². The first-order chi connectivity index (χ1) is 9.20. The van der Waals surface area contributed by atoms with Crippen LogP contribution in [0.4, 0.5) is 5.69 Å². The lowest BCUT2D eigenvalue weighted by Crippen LogP contribution is -2.44. The highest BCUT2D eigenvalue weighted by Gasteiger charge is 2.34. The van der Waals surface area contributed by atoms with Gasteiger partial charge in [0.25, 0.3) is 0 Å². The molecule has 3 N–H and O–H groups in total. The van der Waals surface area contributed by atoms with Crippen LogP contribution in [0.1, 0.15) is 27.2 Å². The van der Waals surface area contributed by atoms with Crippen LogP contribution in [-0.4, -0.2) is 30.3 Å². The molecule has 1 aromatic heterocycles. The van der Waals surface area contributed by atoms with E-state index in [4.69, 9.17) is 5.73 Å². The van der Waals surface area contributed by atoms with Crippen molar-refractivity contribution >= 4 is 26.6 Å². The summed E-state index contributed by atoms with van der Waals surface area (Å²) in [4.78, 5) is 3.26. The van der Waals surface area contributed by atoms with Crippen molar-refractivity contribution in [3.05, 3.63) is 24.4 Å². The summed E-state index contributed by atoms with van der Waals surface area (Å²) in [5, 5.41) is 0.665. The molecule has 0 saturated heterocycles. The van der Waals surface area contributed by atoms with Gasteiger partial charge in [0.1, 0.15) is 4.90 Å². The number of H-pyrrole nitrogens is 1. The average molecular weight is 295 g/mol. The Kier molecular flexibility index (Phi) is 3.56. The highest BCUT2D eigenvalue weighted by Crippen LogP contribution is 2.30. The number of fused-ring (bicyclic) bond motifs is 1. The zero-order chi connectivity index (χ0) is 15.1. The summed E-state index contributed by atoms with van der Waals surface area (Å²) >= 11 is 0. The molecule has 5 nitrogen and oxygen atoms in total. The Morgan fingerprint density at radius 3 is 2.60 bits per heavy atom. The van der Waals surface area contributed by atoms with E-state index in [-0.39, 0.29) is 4.90 Å². The predicted molar refractivity (Wildman–Crippen MR) is 82.0 cm³/mol. The third kappa shape index (κ3) is 2.29. The molecule has 6 heteroatoms. The molecular formula is C14H21N3O2S. The summed E-state index contributed by atoms with van der Waals surface area (Å²) in [6.45, 7) is 5.80. The third-order valence-electron chi connectivity index (χ3n) is 4.02. The van der Waals surface area contributed by atoms with Gasteiger partial charge in [-0.1, -0.05) is 6.92 Å². The number of benzene rings is 1. The Bertz CT molecular complexity index is 732. The number of rotatable bonds is 4. The number of nitrogens with one attached hydrogen (secondary N) is 1. The molecule has 0 aliphatic rings. The number of nitrogens with zero attached hydrogens (tertiary/aromatic N) is 1. The smallest absolute Gasteiger partial charge is 0.245 e. The van der Waals surface area contributed by atoms with Crippen LogP contribution < -0.4 is 5.73 Å². The molecule has 0 spiro atoms. The molecule has 2 aromatic rings. The number of nitrogen functional groups attached to an aromatic ring is 1. The third-order valence-corrected chi connectivity index (χ3v) is 6.13. The van der Waals surface area contributed by atoms with E-state index < -0.39 is 15.6 Å². The fourth-order valence-electron chi connectivity index (χ4n) is 2.03. The summed E-state index contributed by atoms with van der Waals surface area (Å²) in [5.74, 6) is 0. The maximum atomic E-state index is 12.8. The molecule has 0 aliphatic carbocycles. The number of nitrogens with two attached hydrogens (primary N) is 1. The second kappa shape index (κ2) is 4.79. The molecule has 110 valence electrons. The summed E-state index contributed by atoms with van der Waals surface area (Å²) in [6, 6.07) is 5.18. The summed E-state index contributed by atoms with van der Waals surface area (Å²) < 4.78 is 27.0. The van der Waals surface area contributed by atoms with Crippen LogP contribution >= 0.6 is 0 Å². The van der Waals surface area contributed by atoms with Gasteiger partial charge in [0, 0.05) is 35.4 Å². The van der Waals surface area contributed by atoms with Gasteiger partial charge >= 0.3 is 0 Å². The van der Waals surface area contributed by atoms with Crippen LogP contribution in [0.2, 0.25) is 0 Å². The maximum Gasteiger partial charge on any atom is 0.245 e. The molecule has 1 aromatic carbocycles. The molecule has 0 atom stereocenters. The molecular weight excluding hydrogens is 274 g/mol. The van der Waals surface area contributed by atoms with E-state index in [1.54, 1.807) is 25.2 Å². The number of hydrogen-bond donors (Lipinski definition) is 2. The van der Waals surface area contributed by atoms with Gasteiger partial charge < -0.3 is 10.7 Å². The minimum absolute atomic E-state index is 0.288. The van der Waals surface area contributed by atoms with Crippen molar-refractivity contribution in [3.8, 4) is 0 Å². The maximum absolute atomic E-state index is 12.8. The highest BCUT2D eigenvalue weighted by molar-refractivity contribution is 7.89. The zero-order valence-corrected chi connectivity index (χ0v) is 13.1. The molecule has 0 aliphatic heterocycles. The fourth-order valence-corrected chi connectivity index (χ4v) is 3.76. The van der Waals surface area contributed by atoms with Crippen molar-refractivity contribution in [2.45, 2.75) is 37.6 Å². The van der Waals surface area contributed by atoms with Crippen molar-refractivity contribution in [1.29, 1.82) is 0 Å². The van der Waals surface area contributed by atoms with Gasteiger partial charge in [0.05, 0.1) is 0 Å². The summed E-state index contributed by atoms with van der Waals surface area (Å²) in [5.41, 5.74) is 6.61. The van der Waals surface area contributed by atoms with Crippen molar-refractivity contribution in [3.63, 3.8) is 0 Å². The number of aromatic amines is 1. The van der Waals surface area contributed by atoms with Crippen LogP contribution in [0.25, 0.3) is 10.9 Å². The van der Waals surface area contributed by atoms with Gasteiger partial charge in [-0.3, -0.25) is 0 Å². The van der Waals surface area contributed by atoms with Crippen molar-refractivity contribution in [2.24, 2.45) is 0 Å². The fraction of sp³-hybridized carbons (Fsp3) is 0.429. The number of sulfonamides is 1. The van der Waals surface area contributed by atoms with E-state index in [1.807, 2.05) is 20.8 Å². The highest BCUT2D eigenvalue weighted by atomic mass is 32.2. The molecule has 0 bridgehead atoms. The molecule has 0 amide bonds. The van der Waals surface area contributed by atoms with Crippen LogP contribution in [0.3, 0.4) is 0 Å². The lowest BCUT2D eigenvalue weighted by Gasteiger charge is -2.33. The van der Waals surface area contributed by atoms with Crippen LogP contribution in [0, 0.1) is 0 Å². The molecule has 1 heterocycles. The first-order valence-corrected chi connectivity index (χ1v) is 8.00. The first-order valence-electron chi connectivity index (χ1n) is 6.56. The number of aromatic nitrogens is 1. The minimum atomic E-state index is -3.54. The van der Waals surface area contributed by atoms with Gasteiger partial charge in [-0.15, -0.1) is 0 Å². The molecule has 2 rings (SSSR count). The molecule has 0 fully saturated rings. The van der Waals surface area contributed by atoms with Crippen molar-refractivity contribution < 1.29 is 8.42 Å². The number of anilines is 1. The van der Waals surface area contributed by atoms with E-state index >= 15 is 0 Å². The first kappa shape index (κ1) is 14.9. The lowest BCUT2D eigenvalue weighted by atomic mass is 10.0. The largest absolute Gasteiger partial charge is 0.399 e. The van der Waals surface area contributed by atoms with Gasteiger partial charge in [-0.2, -0.15) is 4.31 Å². The second-order valence-electron chi connectivity index (χ2n) is 5.60. The van der Waals surface area contributed by atoms with Crippen molar-refractivity contribution in [2.75, 3.05) is 12.8 Å². The number of hydrogen-bond acceptors (Lipinski definition) is 3. The van der Waals surface area contributed by atoms with Crippen molar-refractivity contribution in [1.82, 2.24) is 9.29 Å². The Balaban J connectivity index is 2.58. The molecule has 0 unspecified atom stereocenters. The normalized spacial score (nSPS) is 13.2. The van der Waals surface area contributed by atoms with Gasteiger partial charge in [-0.25, -0.2) is 8.42 Å². The molecule has 20 heavy (non-hydrogen) atoms. The van der Waals surface area contributed by atoms with E-state index in [0.29, 0.717) is 11.1 Å². The second-order valence-corrected chi connectivity index (χ2v) is 7.53. The summed E-state index contributed by atoms with van der Waals surface area (Å²) in [6.07, 6.45) is 2.26. The average Bonchev–Trinajstić information content (AvgIpc) is 2.81. The Morgan fingerprint density at radius 2 is 2.00 bits per heavy atom. The topological polar surface area (TPSA) is 79.2 Å². The Hall–Kier alpha value is -1.53. The zero-order valence-electron chi connectivity index (χ0n) is 12.3. The van der Waals surface area contributed by atoms with E-state index in [0.717, 1.165) is 11.9 Å². The van der Waals surface area contributed by atoms with E-state index in [9.17, 15) is 8.42 Å². The van der Waals surface area contributed by atoms with E-state index in [2.05, 4.69) is 4.98 Å². The van der Waals surface area contributed by atoms with Gasteiger partial charge in [0.2, 0.25) is 10.0 Å². The SMILES string of the molecule is CCC(C)(C)N(C)S(=O)(=O)c1c[nH]c2cc(N)ccc12. The monoisotopic (exact) mass is 295 g/mol. The standard InChI is InChI=1S/C14H21N3O2S/c1-5-14(2,3)17(4)20(18,19)13-9-16-12-8-10(15)6-7-11(12)13/h6-9,16H,5,15H2,1-4H3. The van der Waals surface area contributed by atoms with Crippen LogP contribution in [-0.2, 0) is 10.0 Å². The molecule has 0 radical (unpaired) electrons. The Morgan fingerprint density at radius 1 is 1.35 bits per heavy atom. The molecule has 0 saturated carbocycles. The van der Waals surface area contributed by atoms with Crippen LogP contribution in [0.15, 0.2) is 29.3 Å². The quantitative estimate of drug-likeness (QED) is 0.851. The summed E-state index contributed by atoms with van der Waals surface area (Å²) in [7, 11) is -1.92. The van der Waals surface area contributed by atoms with Crippen LogP contribution in [0.5, 0.6) is 0 Å². The van der Waals surface area contributed by atoms with E-state index in [1.165, 1.54) is 10.5 Å². The lowest BCUT2D eigenvalue weighted by molar-refractivity contribution is 0.257.